The van der Waals surface area contributed by atoms with Crippen LogP contribution < -0.4 is 10.6 Å². The molecule has 0 spiro atoms. The maximum absolute atomic E-state index is 12.3. The average Bonchev–Trinajstić information content (AvgIpc) is 2.55. The van der Waals surface area contributed by atoms with Crippen LogP contribution in [0, 0.1) is 5.92 Å². The minimum absolute atomic E-state index is 0.0883. The summed E-state index contributed by atoms with van der Waals surface area (Å²) in [4.78, 5) is 12.3. The number of amides is 1. The SMILES string of the molecule is O=C(NCCC1CCOCC1)C1Cc2ccccc2CN1. The minimum Gasteiger partial charge on any atom is -0.381 e. The first kappa shape index (κ1) is 14.5. The van der Waals surface area contributed by atoms with Crippen molar-refractivity contribution >= 4 is 5.91 Å². The second-order valence-electron chi connectivity index (χ2n) is 6.04. The number of fused-ring (bicyclic) bond motifs is 1. The molecule has 4 heteroatoms. The second-order valence-corrected chi connectivity index (χ2v) is 6.04. The van der Waals surface area contributed by atoms with Gasteiger partial charge in [-0.3, -0.25) is 4.79 Å². The van der Waals surface area contributed by atoms with E-state index in [-0.39, 0.29) is 11.9 Å². The van der Waals surface area contributed by atoms with Crippen LogP contribution in [0.5, 0.6) is 0 Å². The molecule has 0 bridgehead atoms. The molecule has 0 radical (unpaired) electrons. The number of benzene rings is 1. The van der Waals surface area contributed by atoms with E-state index < -0.39 is 0 Å². The molecule has 1 fully saturated rings. The van der Waals surface area contributed by atoms with E-state index in [1.807, 2.05) is 6.07 Å². The Morgan fingerprint density at radius 2 is 2.00 bits per heavy atom. The Hall–Kier alpha value is -1.39. The standard InChI is InChI=1S/C17H24N2O2/c20-17(18-8-5-13-6-9-21-10-7-13)16-11-14-3-1-2-4-15(14)12-19-16/h1-4,13,16,19H,5-12H2,(H,18,20). The number of carbonyl (C=O) groups excluding carboxylic acids is 1. The Kier molecular flexibility index (Phi) is 4.88. The molecule has 1 amide bonds. The maximum atomic E-state index is 12.3. The highest BCUT2D eigenvalue weighted by atomic mass is 16.5. The van der Waals surface area contributed by atoms with Gasteiger partial charge in [0, 0.05) is 26.3 Å². The lowest BCUT2D eigenvalue weighted by Crippen LogP contribution is -2.48. The van der Waals surface area contributed by atoms with Crippen LogP contribution in [0.2, 0.25) is 0 Å². The third-order valence-corrected chi connectivity index (χ3v) is 4.59. The van der Waals surface area contributed by atoms with Gasteiger partial charge in [0.15, 0.2) is 0 Å². The van der Waals surface area contributed by atoms with Gasteiger partial charge < -0.3 is 15.4 Å². The lowest BCUT2D eigenvalue weighted by Gasteiger charge is -2.26. The summed E-state index contributed by atoms with van der Waals surface area (Å²) in [5, 5.41) is 6.42. The third kappa shape index (κ3) is 3.83. The number of nitrogens with one attached hydrogen (secondary N) is 2. The van der Waals surface area contributed by atoms with E-state index in [1.165, 1.54) is 11.1 Å². The first-order valence-corrected chi connectivity index (χ1v) is 7.98. The predicted molar refractivity (Wildman–Crippen MR) is 81.9 cm³/mol. The fourth-order valence-corrected chi connectivity index (χ4v) is 3.20. The normalized spacial score (nSPS) is 22.6. The first-order valence-electron chi connectivity index (χ1n) is 7.98. The topological polar surface area (TPSA) is 50.4 Å². The molecule has 3 rings (SSSR count). The summed E-state index contributed by atoms with van der Waals surface area (Å²) in [5.74, 6) is 0.843. The van der Waals surface area contributed by atoms with Crippen LogP contribution in [0.3, 0.4) is 0 Å². The van der Waals surface area contributed by atoms with Crippen molar-refractivity contribution in [1.82, 2.24) is 10.6 Å². The molecular formula is C17H24N2O2. The number of hydrogen-bond donors (Lipinski definition) is 2. The number of carbonyl (C=O) groups is 1. The van der Waals surface area contributed by atoms with Crippen molar-refractivity contribution in [2.45, 2.75) is 38.3 Å². The van der Waals surface area contributed by atoms with E-state index >= 15 is 0 Å². The zero-order chi connectivity index (χ0) is 14.5. The molecule has 1 saturated heterocycles. The fraction of sp³-hybridized carbons (Fsp3) is 0.588. The summed E-state index contributed by atoms with van der Waals surface area (Å²) < 4.78 is 5.36. The summed E-state index contributed by atoms with van der Waals surface area (Å²) in [5.41, 5.74) is 2.60. The highest BCUT2D eigenvalue weighted by Gasteiger charge is 2.23. The molecule has 1 aromatic rings. The lowest BCUT2D eigenvalue weighted by atomic mass is 9.95. The molecule has 1 aromatic carbocycles. The molecule has 114 valence electrons. The van der Waals surface area contributed by atoms with Crippen LogP contribution in [0.1, 0.15) is 30.4 Å². The molecule has 2 aliphatic heterocycles. The molecule has 2 N–H and O–H groups in total. The van der Waals surface area contributed by atoms with Gasteiger partial charge in [-0.2, -0.15) is 0 Å². The van der Waals surface area contributed by atoms with E-state index in [2.05, 4.69) is 28.8 Å². The second kappa shape index (κ2) is 7.05. The molecular weight excluding hydrogens is 264 g/mol. The molecule has 0 saturated carbocycles. The lowest BCUT2D eigenvalue weighted by molar-refractivity contribution is -0.123. The molecule has 21 heavy (non-hydrogen) atoms. The summed E-state index contributed by atoms with van der Waals surface area (Å²) in [6.45, 7) is 3.32. The average molecular weight is 288 g/mol. The van der Waals surface area contributed by atoms with Gasteiger partial charge in [0.25, 0.3) is 0 Å². The maximum Gasteiger partial charge on any atom is 0.237 e. The Labute approximate surface area is 126 Å². The Morgan fingerprint density at radius 3 is 2.81 bits per heavy atom. The van der Waals surface area contributed by atoms with Crippen LogP contribution in [0.25, 0.3) is 0 Å². The summed E-state index contributed by atoms with van der Waals surface area (Å²) in [6, 6.07) is 8.26. The van der Waals surface area contributed by atoms with E-state index in [1.54, 1.807) is 0 Å². The summed E-state index contributed by atoms with van der Waals surface area (Å²) in [7, 11) is 0. The molecule has 4 nitrogen and oxygen atoms in total. The van der Waals surface area contributed by atoms with Crippen molar-refractivity contribution in [1.29, 1.82) is 0 Å². The van der Waals surface area contributed by atoms with Crippen LogP contribution in [0.15, 0.2) is 24.3 Å². The Bertz CT molecular complexity index is 483. The van der Waals surface area contributed by atoms with Crippen molar-refractivity contribution in [3.8, 4) is 0 Å². The minimum atomic E-state index is -0.0883. The molecule has 2 aliphatic rings. The summed E-state index contributed by atoms with van der Waals surface area (Å²) >= 11 is 0. The Morgan fingerprint density at radius 1 is 1.24 bits per heavy atom. The van der Waals surface area contributed by atoms with E-state index in [0.29, 0.717) is 5.92 Å². The molecule has 1 atom stereocenters. The number of hydrogen-bond acceptors (Lipinski definition) is 3. The summed E-state index contributed by atoms with van der Waals surface area (Å²) in [6.07, 6.45) is 4.12. The van der Waals surface area contributed by atoms with Gasteiger partial charge in [0.05, 0.1) is 6.04 Å². The molecule has 0 aliphatic carbocycles. The van der Waals surface area contributed by atoms with Crippen LogP contribution in [-0.2, 0) is 22.5 Å². The van der Waals surface area contributed by atoms with Crippen molar-refractivity contribution in [3.05, 3.63) is 35.4 Å². The monoisotopic (exact) mass is 288 g/mol. The van der Waals surface area contributed by atoms with Crippen molar-refractivity contribution in [3.63, 3.8) is 0 Å². The highest BCUT2D eigenvalue weighted by molar-refractivity contribution is 5.82. The molecule has 1 unspecified atom stereocenters. The van der Waals surface area contributed by atoms with Crippen LogP contribution in [0.4, 0.5) is 0 Å². The molecule has 2 heterocycles. The van der Waals surface area contributed by atoms with Gasteiger partial charge in [-0.05, 0) is 42.7 Å². The first-order chi connectivity index (χ1) is 10.3. The zero-order valence-electron chi connectivity index (χ0n) is 12.4. The van der Waals surface area contributed by atoms with Gasteiger partial charge in [0.1, 0.15) is 0 Å². The van der Waals surface area contributed by atoms with E-state index in [0.717, 1.165) is 52.0 Å². The van der Waals surface area contributed by atoms with Gasteiger partial charge in [0.2, 0.25) is 5.91 Å². The highest BCUT2D eigenvalue weighted by Crippen LogP contribution is 2.18. The fourth-order valence-electron chi connectivity index (χ4n) is 3.20. The number of rotatable bonds is 4. The van der Waals surface area contributed by atoms with Crippen LogP contribution in [-0.4, -0.2) is 31.7 Å². The Balaban J connectivity index is 1.44. The van der Waals surface area contributed by atoms with E-state index in [4.69, 9.17) is 4.74 Å². The van der Waals surface area contributed by atoms with E-state index in [9.17, 15) is 4.79 Å². The zero-order valence-corrected chi connectivity index (χ0v) is 12.4. The quantitative estimate of drug-likeness (QED) is 0.885. The van der Waals surface area contributed by atoms with Gasteiger partial charge in [-0.25, -0.2) is 0 Å². The molecule has 0 aromatic heterocycles. The van der Waals surface area contributed by atoms with Crippen LogP contribution >= 0.6 is 0 Å². The predicted octanol–water partition coefficient (Wildman–Crippen LogP) is 1.63. The van der Waals surface area contributed by atoms with Gasteiger partial charge in [-0.1, -0.05) is 24.3 Å². The van der Waals surface area contributed by atoms with Crippen molar-refractivity contribution < 1.29 is 9.53 Å². The number of ether oxygens (including phenoxy) is 1. The largest absolute Gasteiger partial charge is 0.381 e. The van der Waals surface area contributed by atoms with Gasteiger partial charge in [-0.15, -0.1) is 0 Å². The van der Waals surface area contributed by atoms with Crippen molar-refractivity contribution in [2.24, 2.45) is 5.92 Å². The van der Waals surface area contributed by atoms with Crippen molar-refractivity contribution in [2.75, 3.05) is 19.8 Å². The van der Waals surface area contributed by atoms with Gasteiger partial charge >= 0.3 is 0 Å². The smallest absolute Gasteiger partial charge is 0.237 e. The third-order valence-electron chi connectivity index (χ3n) is 4.59.